The zero-order valence-corrected chi connectivity index (χ0v) is 16.0. The quantitative estimate of drug-likeness (QED) is 0.705. The molecule has 5 heteroatoms. The molecule has 1 amide bonds. The van der Waals surface area contributed by atoms with Crippen LogP contribution < -0.4 is 4.90 Å². The van der Waals surface area contributed by atoms with Gasteiger partial charge in [-0.25, -0.2) is 9.97 Å². The Balaban J connectivity index is 1.52. The summed E-state index contributed by atoms with van der Waals surface area (Å²) in [4.78, 5) is 26.2. The third-order valence-corrected chi connectivity index (χ3v) is 5.22. The van der Waals surface area contributed by atoms with Crippen molar-refractivity contribution in [3.8, 4) is 0 Å². The van der Waals surface area contributed by atoms with Crippen LogP contribution in [-0.2, 0) is 4.79 Å². The monoisotopic (exact) mass is 372 g/mol. The molecular weight excluding hydrogens is 348 g/mol. The summed E-state index contributed by atoms with van der Waals surface area (Å²) in [6, 6.07) is 22.1. The van der Waals surface area contributed by atoms with Crippen LogP contribution in [0.15, 0.2) is 73.1 Å². The topological polar surface area (TPSA) is 49.3 Å². The van der Waals surface area contributed by atoms with E-state index < -0.39 is 0 Å². The van der Waals surface area contributed by atoms with Gasteiger partial charge in [0.1, 0.15) is 12.1 Å². The maximum atomic E-state index is 13.5. The van der Waals surface area contributed by atoms with Gasteiger partial charge in [0.05, 0.1) is 5.92 Å². The van der Waals surface area contributed by atoms with Crippen LogP contribution >= 0.6 is 0 Å². The molecule has 28 heavy (non-hydrogen) atoms. The second kappa shape index (κ2) is 8.21. The van der Waals surface area contributed by atoms with E-state index in [1.165, 1.54) is 0 Å². The first-order valence-electron chi connectivity index (χ1n) is 9.64. The van der Waals surface area contributed by atoms with Crippen molar-refractivity contribution in [1.82, 2.24) is 14.9 Å². The molecule has 1 aliphatic rings. The Morgan fingerprint density at radius 3 is 1.96 bits per heavy atom. The Morgan fingerprint density at radius 1 is 0.857 bits per heavy atom. The van der Waals surface area contributed by atoms with Gasteiger partial charge in [-0.15, -0.1) is 0 Å². The average Bonchev–Trinajstić information content (AvgIpc) is 2.75. The van der Waals surface area contributed by atoms with Crippen LogP contribution in [0.1, 0.15) is 22.7 Å². The fraction of sp³-hybridized carbons (Fsp3) is 0.261. The summed E-state index contributed by atoms with van der Waals surface area (Å²) in [6.07, 6.45) is 1.60. The highest BCUT2D eigenvalue weighted by Gasteiger charge is 2.30. The molecule has 1 fully saturated rings. The number of aromatic nitrogens is 2. The molecule has 0 unspecified atom stereocenters. The van der Waals surface area contributed by atoms with Crippen LogP contribution in [0.5, 0.6) is 0 Å². The summed E-state index contributed by atoms with van der Waals surface area (Å²) in [5.74, 6) is 0.827. The van der Waals surface area contributed by atoms with E-state index in [0.29, 0.717) is 13.1 Å². The molecule has 1 saturated heterocycles. The molecule has 0 N–H and O–H groups in total. The normalized spacial score (nSPS) is 14.4. The van der Waals surface area contributed by atoms with Crippen molar-refractivity contribution in [3.63, 3.8) is 0 Å². The van der Waals surface area contributed by atoms with E-state index in [1.807, 2.05) is 78.6 Å². The van der Waals surface area contributed by atoms with E-state index in [1.54, 1.807) is 6.33 Å². The number of rotatable bonds is 4. The molecule has 2 heterocycles. The number of hydrogen-bond donors (Lipinski definition) is 0. The van der Waals surface area contributed by atoms with Crippen molar-refractivity contribution >= 4 is 11.7 Å². The fourth-order valence-corrected chi connectivity index (χ4v) is 3.72. The lowest BCUT2D eigenvalue weighted by Gasteiger charge is -2.37. The molecule has 3 aromatic rings. The number of carbonyl (C=O) groups is 1. The van der Waals surface area contributed by atoms with Crippen LogP contribution in [-0.4, -0.2) is 47.0 Å². The second-order valence-corrected chi connectivity index (χ2v) is 7.08. The number of benzene rings is 2. The third-order valence-electron chi connectivity index (χ3n) is 5.22. The minimum absolute atomic E-state index is 0.163. The molecule has 0 spiro atoms. The Hall–Kier alpha value is -3.21. The summed E-state index contributed by atoms with van der Waals surface area (Å²) in [7, 11) is 0. The predicted molar refractivity (Wildman–Crippen MR) is 110 cm³/mol. The van der Waals surface area contributed by atoms with E-state index in [-0.39, 0.29) is 11.8 Å². The smallest absolute Gasteiger partial charge is 0.234 e. The molecule has 0 atom stereocenters. The van der Waals surface area contributed by atoms with Gasteiger partial charge in [-0.1, -0.05) is 60.7 Å². The Labute approximate surface area is 165 Å². The van der Waals surface area contributed by atoms with Crippen molar-refractivity contribution in [1.29, 1.82) is 0 Å². The van der Waals surface area contributed by atoms with Crippen LogP contribution in [0.25, 0.3) is 0 Å². The average molecular weight is 372 g/mol. The largest absolute Gasteiger partial charge is 0.353 e. The highest BCUT2D eigenvalue weighted by molar-refractivity contribution is 5.87. The maximum absolute atomic E-state index is 13.5. The van der Waals surface area contributed by atoms with E-state index in [0.717, 1.165) is 35.7 Å². The molecule has 142 valence electrons. The van der Waals surface area contributed by atoms with Crippen molar-refractivity contribution in [2.75, 3.05) is 31.1 Å². The van der Waals surface area contributed by atoms with E-state index >= 15 is 0 Å². The number of carbonyl (C=O) groups excluding carboxylic acids is 1. The zero-order chi connectivity index (χ0) is 19.3. The molecule has 5 nitrogen and oxygen atoms in total. The van der Waals surface area contributed by atoms with E-state index in [9.17, 15) is 4.79 Å². The summed E-state index contributed by atoms with van der Waals surface area (Å²) < 4.78 is 0. The summed E-state index contributed by atoms with van der Waals surface area (Å²) in [5.41, 5.74) is 3.02. The first-order chi connectivity index (χ1) is 13.7. The number of nitrogens with zero attached hydrogens (tertiary/aromatic N) is 4. The molecule has 4 rings (SSSR count). The molecule has 0 bridgehead atoms. The van der Waals surface area contributed by atoms with Crippen molar-refractivity contribution in [2.45, 2.75) is 12.8 Å². The molecule has 0 saturated carbocycles. The molecule has 0 aliphatic carbocycles. The van der Waals surface area contributed by atoms with E-state index in [4.69, 9.17) is 0 Å². The Morgan fingerprint density at radius 2 is 1.43 bits per heavy atom. The summed E-state index contributed by atoms with van der Waals surface area (Å²) in [6.45, 7) is 4.91. The zero-order valence-electron chi connectivity index (χ0n) is 16.0. The van der Waals surface area contributed by atoms with Gasteiger partial charge in [0, 0.05) is 37.9 Å². The van der Waals surface area contributed by atoms with Crippen molar-refractivity contribution in [2.24, 2.45) is 0 Å². The van der Waals surface area contributed by atoms with Gasteiger partial charge in [0.2, 0.25) is 5.91 Å². The lowest BCUT2D eigenvalue weighted by Crippen LogP contribution is -2.50. The molecule has 0 radical (unpaired) electrons. The molecule has 1 aromatic heterocycles. The van der Waals surface area contributed by atoms with Gasteiger partial charge in [0.25, 0.3) is 0 Å². The molecule has 2 aromatic carbocycles. The van der Waals surface area contributed by atoms with Crippen molar-refractivity contribution in [3.05, 3.63) is 89.9 Å². The van der Waals surface area contributed by atoms with Gasteiger partial charge in [-0.3, -0.25) is 4.79 Å². The number of piperazine rings is 1. The third kappa shape index (κ3) is 3.88. The van der Waals surface area contributed by atoms with Gasteiger partial charge in [-0.05, 0) is 18.1 Å². The highest BCUT2D eigenvalue weighted by Crippen LogP contribution is 2.27. The number of anilines is 1. The van der Waals surface area contributed by atoms with Crippen LogP contribution in [0.3, 0.4) is 0 Å². The molecular formula is C23H24N4O. The van der Waals surface area contributed by atoms with Gasteiger partial charge < -0.3 is 9.80 Å². The van der Waals surface area contributed by atoms with Gasteiger partial charge in [-0.2, -0.15) is 0 Å². The van der Waals surface area contributed by atoms with Crippen LogP contribution in [0.2, 0.25) is 0 Å². The number of amides is 1. The first-order valence-corrected chi connectivity index (χ1v) is 9.64. The van der Waals surface area contributed by atoms with E-state index in [2.05, 4.69) is 14.9 Å². The first kappa shape index (κ1) is 18.2. The Kier molecular flexibility index (Phi) is 5.33. The predicted octanol–water partition coefficient (Wildman–Crippen LogP) is 3.27. The minimum Gasteiger partial charge on any atom is -0.353 e. The Bertz CT molecular complexity index is 882. The summed E-state index contributed by atoms with van der Waals surface area (Å²) in [5, 5.41) is 0. The maximum Gasteiger partial charge on any atom is 0.234 e. The van der Waals surface area contributed by atoms with Gasteiger partial charge >= 0.3 is 0 Å². The summed E-state index contributed by atoms with van der Waals surface area (Å²) >= 11 is 0. The lowest BCUT2D eigenvalue weighted by molar-refractivity contribution is -0.132. The minimum atomic E-state index is -0.268. The lowest BCUT2D eigenvalue weighted by atomic mass is 9.90. The van der Waals surface area contributed by atoms with Gasteiger partial charge in [0.15, 0.2) is 0 Å². The second-order valence-electron chi connectivity index (χ2n) is 7.08. The molecule has 1 aliphatic heterocycles. The fourth-order valence-electron chi connectivity index (χ4n) is 3.72. The SMILES string of the molecule is Cc1cc(N2CCN(C(=O)C(c3ccccc3)c3ccccc3)CC2)ncn1. The number of aryl methyl sites for hydroxylation is 1. The highest BCUT2D eigenvalue weighted by atomic mass is 16.2. The van der Waals surface area contributed by atoms with Crippen LogP contribution in [0.4, 0.5) is 5.82 Å². The standard InChI is InChI=1S/C23H24N4O/c1-18-16-21(25-17-24-18)26-12-14-27(15-13-26)23(28)22(19-8-4-2-5-9-19)20-10-6-3-7-11-20/h2-11,16-17,22H,12-15H2,1H3. The van der Waals surface area contributed by atoms with Crippen molar-refractivity contribution < 1.29 is 4.79 Å². The number of hydrogen-bond acceptors (Lipinski definition) is 4. The van der Waals surface area contributed by atoms with Crippen LogP contribution in [0, 0.1) is 6.92 Å².